The molecule has 2 atom stereocenters. The van der Waals surface area contributed by atoms with E-state index in [0.717, 1.165) is 31.6 Å². The van der Waals surface area contributed by atoms with Gasteiger partial charge in [0.2, 0.25) is 0 Å². The van der Waals surface area contributed by atoms with Gasteiger partial charge in [-0.1, -0.05) is 12.1 Å². The van der Waals surface area contributed by atoms with Crippen LogP contribution in [-0.2, 0) is 16.4 Å². The van der Waals surface area contributed by atoms with Gasteiger partial charge in [0.1, 0.15) is 0 Å². The average Bonchev–Trinajstić information content (AvgIpc) is 3.28. The molecule has 2 aliphatic heterocycles. The first-order valence-electron chi connectivity index (χ1n) is 9.43. The van der Waals surface area contributed by atoms with Crippen molar-refractivity contribution in [3.8, 4) is 0 Å². The third-order valence-corrected chi connectivity index (χ3v) is 7.43. The van der Waals surface area contributed by atoms with E-state index in [9.17, 15) is 21.6 Å². The Balaban J connectivity index is 1.40. The van der Waals surface area contributed by atoms with Gasteiger partial charge in [0.05, 0.1) is 5.69 Å². The lowest BCUT2D eigenvalue weighted by Crippen LogP contribution is -2.39. The van der Waals surface area contributed by atoms with Crippen molar-refractivity contribution in [3.05, 3.63) is 29.3 Å². The molecule has 0 aromatic heterocycles. The van der Waals surface area contributed by atoms with E-state index in [1.54, 1.807) is 6.07 Å². The highest BCUT2D eigenvalue weighted by molar-refractivity contribution is 7.93. The lowest BCUT2D eigenvalue weighted by atomic mass is 9.98. The van der Waals surface area contributed by atoms with Gasteiger partial charge in [-0.15, -0.1) is 0 Å². The number of hydrogen-bond acceptors (Lipinski definition) is 4. The quantitative estimate of drug-likeness (QED) is 0.792. The average molecular weight is 403 g/mol. The van der Waals surface area contributed by atoms with Gasteiger partial charge in [-0.2, -0.15) is 21.6 Å². The standard InChI is InChI=1S/C18H24F3N3O2S/c19-18(20,21)27(25,26)24-8-5-14-9-13(1-2-17(14)24)15-10-16(15)23-11-12-3-6-22-7-4-12/h1-2,9,12,15-16,22-23H,3-8,10-11H2/t15-,16+/m0/s1. The van der Waals surface area contributed by atoms with Crippen LogP contribution in [0, 0.1) is 5.92 Å². The van der Waals surface area contributed by atoms with E-state index in [1.807, 2.05) is 6.07 Å². The first-order chi connectivity index (χ1) is 12.8. The number of nitrogens with one attached hydrogen (secondary N) is 2. The van der Waals surface area contributed by atoms with Gasteiger partial charge in [-0.3, -0.25) is 4.31 Å². The number of halogens is 3. The zero-order valence-corrected chi connectivity index (χ0v) is 15.7. The van der Waals surface area contributed by atoms with E-state index in [1.165, 1.54) is 18.9 Å². The molecule has 0 amide bonds. The van der Waals surface area contributed by atoms with Crippen LogP contribution in [0.4, 0.5) is 18.9 Å². The highest BCUT2D eigenvalue weighted by Crippen LogP contribution is 2.44. The Hall–Kier alpha value is -1.32. The smallest absolute Gasteiger partial charge is 0.317 e. The second kappa shape index (κ2) is 6.93. The van der Waals surface area contributed by atoms with Gasteiger partial charge in [-0.25, -0.2) is 0 Å². The molecular formula is C18H24F3N3O2S. The van der Waals surface area contributed by atoms with E-state index >= 15 is 0 Å². The van der Waals surface area contributed by atoms with Crippen LogP contribution in [0.2, 0.25) is 0 Å². The Morgan fingerprint density at radius 3 is 2.67 bits per heavy atom. The van der Waals surface area contributed by atoms with Crippen molar-refractivity contribution < 1.29 is 21.6 Å². The fraction of sp³-hybridized carbons (Fsp3) is 0.667. The maximum atomic E-state index is 12.8. The minimum atomic E-state index is -5.32. The summed E-state index contributed by atoms with van der Waals surface area (Å²) in [5.74, 6) is 1.07. The maximum absolute atomic E-state index is 12.8. The molecule has 1 aliphatic carbocycles. The molecule has 9 heteroatoms. The predicted octanol–water partition coefficient (Wildman–Crippen LogP) is 2.34. The van der Waals surface area contributed by atoms with Crippen LogP contribution in [0.15, 0.2) is 18.2 Å². The van der Waals surface area contributed by atoms with Gasteiger partial charge < -0.3 is 10.6 Å². The zero-order chi connectivity index (χ0) is 19.2. The van der Waals surface area contributed by atoms with E-state index in [2.05, 4.69) is 10.6 Å². The Labute approximate surface area is 157 Å². The minimum absolute atomic E-state index is 0.150. The maximum Gasteiger partial charge on any atom is 0.516 e. The van der Waals surface area contributed by atoms with Crippen molar-refractivity contribution in [1.29, 1.82) is 0 Å². The molecule has 0 radical (unpaired) electrons. The third-order valence-electron chi connectivity index (χ3n) is 5.89. The summed E-state index contributed by atoms with van der Waals surface area (Å²) in [7, 11) is -5.32. The molecule has 0 bridgehead atoms. The van der Waals surface area contributed by atoms with Crippen molar-refractivity contribution in [2.75, 3.05) is 30.5 Å². The van der Waals surface area contributed by atoms with Gasteiger partial charge >= 0.3 is 15.5 Å². The number of benzene rings is 1. The predicted molar refractivity (Wildman–Crippen MR) is 97.2 cm³/mol. The Bertz CT molecular complexity index is 807. The molecule has 2 fully saturated rings. The monoisotopic (exact) mass is 403 g/mol. The molecule has 4 rings (SSSR count). The SMILES string of the molecule is O=S(=O)(N1CCc2cc([C@@H]3C[C@H]3NCC3CCNCC3)ccc21)C(F)(F)F. The number of rotatable bonds is 5. The van der Waals surface area contributed by atoms with Crippen LogP contribution < -0.4 is 14.9 Å². The summed E-state index contributed by atoms with van der Waals surface area (Å²) >= 11 is 0. The van der Waals surface area contributed by atoms with Crippen molar-refractivity contribution in [2.24, 2.45) is 5.92 Å². The van der Waals surface area contributed by atoms with Crippen molar-refractivity contribution in [3.63, 3.8) is 0 Å². The fourth-order valence-electron chi connectivity index (χ4n) is 4.19. The van der Waals surface area contributed by atoms with Crippen LogP contribution in [0.25, 0.3) is 0 Å². The third kappa shape index (κ3) is 3.69. The molecule has 3 aliphatic rings. The van der Waals surface area contributed by atoms with Crippen LogP contribution in [0.1, 0.15) is 36.3 Å². The summed E-state index contributed by atoms with van der Waals surface area (Å²) in [6, 6.07) is 5.61. The Morgan fingerprint density at radius 2 is 1.96 bits per heavy atom. The van der Waals surface area contributed by atoms with E-state index in [0.29, 0.717) is 34.2 Å². The van der Waals surface area contributed by atoms with Crippen LogP contribution >= 0.6 is 0 Å². The van der Waals surface area contributed by atoms with E-state index in [-0.39, 0.29) is 12.2 Å². The molecule has 150 valence electrons. The summed E-state index contributed by atoms with van der Waals surface area (Å²) in [6.45, 7) is 3.00. The first-order valence-corrected chi connectivity index (χ1v) is 10.9. The number of fused-ring (bicyclic) bond motifs is 1. The highest BCUT2D eigenvalue weighted by atomic mass is 32.2. The van der Waals surface area contributed by atoms with Crippen LogP contribution in [-0.4, -0.2) is 46.1 Å². The van der Waals surface area contributed by atoms with Crippen molar-refractivity contribution in [2.45, 2.75) is 43.2 Å². The van der Waals surface area contributed by atoms with Gasteiger partial charge in [-0.05, 0) is 68.4 Å². The molecule has 2 heterocycles. The number of piperidine rings is 1. The van der Waals surface area contributed by atoms with Gasteiger partial charge in [0.25, 0.3) is 0 Å². The minimum Gasteiger partial charge on any atom is -0.317 e. The van der Waals surface area contributed by atoms with E-state index < -0.39 is 15.5 Å². The Morgan fingerprint density at radius 1 is 1.22 bits per heavy atom. The summed E-state index contributed by atoms with van der Waals surface area (Å²) < 4.78 is 62.5. The largest absolute Gasteiger partial charge is 0.516 e. The molecule has 5 nitrogen and oxygen atoms in total. The molecule has 1 saturated heterocycles. The number of hydrogen-bond donors (Lipinski definition) is 2. The number of sulfonamides is 1. The lowest BCUT2D eigenvalue weighted by Gasteiger charge is -2.23. The van der Waals surface area contributed by atoms with Crippen LogP contribution in [0.5, 0.6) is 0 Å². The van der Waals surface area contributed by atoms with Crippen molar-refractivity contribution >= 4 is 15.7 Å². The Kier molecular flexibility index (Phi) is 4.88. The molecule has 1 aromatic carbocycles. The number of anilines is 1. The number of alkyl halides is 3. The molecule has 1 saturated carbocycles. The molecular weight excluding hydrogens is 379 g/mol. The van der Waals surface area contributed by atoms with E-state index in [4.69, 9.17) is 0 Å². The van der Waals surface area contributed by atoms with Crippen LogP contribution in [0.3, 0.4) is 0 Å². The summed E-state index contributed by atoms with van der Waals surface area (Å²) in [5, 5.41) is 6.97. The lowest BCUT2D eigenvalue weighted by molar-refractivity contribution is -0.0437. The second-order valence-electron chi connectivity index (χ2n) is 7.71. The first kappa shape index (κ1) is 19.0. The normalized spacial score (nSPS) is 26.3. The van der Waals surface area contributed by atoms with Gasteiger partial charge in [0, 0.05) is 18.5 Å². The number of nitrogens with zero attached hydrogens (tertiary/aromatic N) is 1. The summed E-state index contributed by atoms with van der Waals surface area (Å²) in [5.41, 5.74) is -3.34. The molecule has 0 unspecified atom stereocenters. The second-order valence-corrected chi connectivity index (χ2v) is 9.57. The molecule has 1 aromatic rings. The highest BCUT2D eigenvalue weighted by Gasteiger charge is 2.51. The fourth-order valence-corrected chi connectivity index (χ4v) is 5.21. The zero-order valence-electron chi connectivity index (χ0n) is 14.9. The molecule has 27 heavy (non-hydrogen) atoms. The topological polar surface area (TPSA) is 61.4 Å². The molecule has 0 spiro atoms. The molecule has 2 N–H and O–H groups in total. The van der Waals surface area contributed by atoms with Crippen molar-refractivity contribution in [1.82, 2.24) is 10.6 Å². The summed E-state index contributed by atoms with van der Waals surface area (Å²) in [4.78, 5) is 0. The summed E-state index contributed by atoms with van der Waals surface area (Å²) in [6.07, 6.45) is 3.71. The van der Waals surface area contributed by atoms with Gasteiger partial charge in [0.15, 0.2) is 0 Å².